The molecule has 2 N–H and O–H groups in total. The third-order valence-corrected chi connectivity index (χ3v) is 10.3. The number of benzene rings is 6. The smallest absolute Gasteiger partial charge is 0.232 e. The van der Waals surface area contributed by atoms with E-state index in [1.54, 1.807) is 18.2 Å². The number of aliphatic hydroxyl groups is 1. The largest absolute Gasteiger partial charge is 0.492 e. The standard InChI is InChI=1S/C43H41N3O4S/c1-51(48,49)46(31-33-14-7-3-8-15-33)37-19-11-18-36(26-37)43(47)29-44-24-25-50-38-21-23-40-39-22-20-35(34-16-9-4-10-17-34)27-41(39)45(42(40)28-38)30-32-12-5-2-6-13-32/h2-23,26-28,43-44,47H,24-25,29-31H2,1H3/t43-/m0/s1. The van der Waals surface area contributed by atoms with Gasteiger partial charge in [0.05, 0.1) is 35.6 Å². The van der Waals surface area contributed by atoms with Gasteiger partial charge in [0.25, 0.3) is 0 Å². The van der Waals surface area contributed by atoms with Crippen molar-refractivity contribution in [3.8, 4) is 16.9 Å². The van der Waals surface area contributed by atoms with Crippen LogP contribution in [0, 0.1) is 0 Å². The Balaban J connectivity index is 1.03. The first-order valence-electron chi connectivity index (χ1n) is 17.1. The van der Waals surface area contributed by atoms with Crippen LogP contribution < -0.4 is 14.4 Å². The number of fused-ring (bicyclic) bond motifs is 3. The molecule has 7 rings (SSSR count). The molecule has 0 saturated heterocycles. The van der Waals surface area contributed by atoms with Gasteiger partial charge in [0, 0.05) is 36.5 Å². The van der Waals surface area contributed by atoms with E-state index in [0.29, 0.717) is 30.9 Å². The highest BCUT2D eigenvalue weighted by Gasteiger charge is 2.20. The minimum absolute atomic E-state index is 0.211. The number of aromatic nitrogens is 1. The molecule has 0 bridgehead atoms. The molecule has 1 atom stereocenters. The lowest BCUT2D eigenvalue weighted by molar-refractivity contribution is 0.172. The first-order valence-corrected chi connectivity index (χ1v) is 19.0. The fourth-order valence-corrected chi connectivity index (χ4v) is 7.43. The lowest BCUT2D eigenvalue weighted by Crippen LogP contribution is -2.29. The quantitative estimate of drug-likeness (QED) is 0.112. The predicted molar refractivity (Wildman–Crippen MR) is 208 cm³/mol. The number of hydrogen-bond acceptors (Lipinski definition) is 5. The highest BCUT2D eigenvalue weighted by molar-refractivity contribution is 7.92. The number of aliphatic hydroxyl groups excluding tert-OH is 1. The van der Waals surface area contributed by atoms with Crippen LogP contribution >= 0.6 is 0 Å². The molecule has 0 spiro atoms. The maximum Gasteiger partial charge on any atom is 0.232 e. The molecule has 258 valence electrons. The Morgan fingerprint density at radius 2 is 1.35 bits per heavy atom. The van der Waals surface area contributed by atoms with E-state index in [1.165, 1.54) is 43.5 Å². The van der Waals surface area contributed by atoms with E-state index >= 15 is 0 Å². The number of sulfonamides is 1. The predicted octanol–water partition coefficient (Wildman–Crippen LogP) is 8.18. The van der Waals surface area contributed by atoms with Gasteiger partial charge in [-0.3, -0.25) is 4.31 Å². The molecular weight excluding hydrogens is 655 g/mol. The van der Waals surface area contributed by atoms with Gasteiger partial charge in [0.1, 0.15) is 12.4 Å². The van der Waals surface area contributed by atoms with Crippen molar-refractivity contribution in [1.29, 1.82) is 0 Å². The van der Waals surface area contributed by atoms with E-state index in [4.69, 9.17) is 4.74 Å². The summed E-state index contributed by atoms with van der Waals surface area (Å²) in [5, 5.41) is 16.7. The molecule has 8 heteroatoms. The molecule has 0 saturated carbocycles. The van der Waals surface area contributed by atoms with Crippen molar-refractivity contribution in [2.24, 2.45) is 0 Å². The Morgan fingerprint density at radius 3 is 2.06 bits per heavy atom. The molecule has 1 heterocycles. The zero-order valence-corrected chi connectivity index (χ0v) is 29.3. The Bertz CT molecular complexity index is 2340. The van der Waals surface area contributed by atoms with Crippen molar-refractivity contribution in [2.75, 3.05) is 30.3 Å². The van der Waals surface area contributed by atoms with Gasteiger partial charge >= 0.3 is 0 Å². The maximum absolute atomic E-state index is 12.7. The van der Waals surface area contributed by atoms with Crippen LogP contribution in [-0.4, -0.2) is 44.0 Å². The molecule has 51 heavy (non-hydrogen) atoms. The Morgan fingerprint density at radius 1 is 0.706 bits per heavy atom. The summed E-state index contributed by atoms with van der Waals surface area (Å²) in [6.45, 7) is 2.16. The summed E-state index contributed by atoms with van der Waals surface area (Å²) in [7, 11) is -3.55. The molecule has 7 aromatic rings. The zero-order chi connectivity index (χ0) is 35.2. The second kappa shape index (κ2) is 15.2. The number of nitrogens with zero attached hydrogens (tertiary/aromatic N) is 2. The van der Waals surface area contributed by atoms with Gasteiger partial charge in [-0.15, -0.1) is 0 Å². The Kier molecular flexibility index (Phi) is 10.2. The summed E-state index contributed by atoms with van der Waals surface area (Å²) >= 11 is 0. The first kappa shape index (κ1) is 34.1. The number of anilines is 1. The molecule has 0 radical (unpaired) electrons. The van der Waals surface area contributed by atoms with Crippen molar-refractivity contribution in [3.63, 3.8) is 0 Å². The minimum atomic E-state index is -3.55. The van der Waals surface area contributed by atoms with Crippen LogP contribution in [0.2, 0.25) is 0 Å². The topological polar surface area (TPSA) is 83.8 Å². The number of hydrogen-bond donors (Lipinski definition) is 2. The normalized spacial score (nSPS) is 12.3. The average Bonchev–Trinajstić information content (AvgIpc) is 3.46. The van der Waals surface area contributed by atoms with Crippen molar-refractivity contribution in [2.45, 2.75) is 19.2 Å². The SMILES string of the molecule is CS(=O)(=O)N(Cc1ccccc1)c1cccc([C@@H](O)CNCCOc2ccc3c4ccc(-c5ccccc5)cc4n(Cc4ccccc4)c3c2)c1. The van der Waals surface area contributed by atoms with Crippen LogP contribution in [0.25, 0.3) is 32.9 Å². The Hall–Kier alpha value is -5.41. The molecule has 0 aliphatic heterocycles. The van der Waals surface area contributed by atoms with Crippen LogP contribution in [0.15, 0.2) is 152 Å². The minimum Gasteiger partial charge on any atom is -0.492 e. The number of rotatable bonds is 14. The molecule has 7 nitrogen and oxygen atoms in total. The second-order valence-electron chi connectivity index (χ2n) is 12.8. The van der Waals surface area contributed by atoms with Crippen LogP contribution in [0.3, 0.4) is 0 Å². The second-order valence-corrected chi connectivity index (χ2v) is 14.7. The average molecular weight is 696 g/mol. The first-order chi connectivity index (χ1) is 24.8. The van der Waals surface area contributed by atoms with E-state index in [9.17, 15) is 13.5 Å². The molecule has 0 aliphatic rings. The van der Waals surface area contributed by atoms with Gasteiger partial charge in [-0.05, 0) is 58.1 Å². The molecular formula is C43H41N3O4S. The fourth-order valence-electron chi connectivity index (χ4n) is 6.55. The molecule has 6 aromatic carbocycles. The van der Waals surface area contributed by atoms with Crippen LogP contribution in [0.4, 0.5) is 5.69 Å². The summed E-state index contributed by atoms with van der Waals surface area (Å²) in [6, 6.07) is 50.4. The third-order valence-electron chi connectivity index (χ3n) is 9.13. The van der Waals surface area contributed by atoms with Crippen molar-refractivity contribution in [1.82, 2.24) is 9.88 Å². The van der Waals surface area contributed by atoms with E-state index in [2.05, 4.69) is 88.7 Å². The van der Waals surface area contributed by atoms with Gasteiger partial charge in [-0.1, -0.05) is 115 Å². The summed E-state index contributed by atoms with van der Waals surface area (Å²) in [5.41, 5.74) is 7.89. The molecule has 1 aromatic heterocycles. The number of nitrogens with one attached hydrogen (secondary N) is 1. The molecule has 0 unspecified atom stereocenters. The number of ether oxygens (including phenoxy) is 1. The van der Waals surface area contributed by atoms with E-state index in [1.807, 2.05) is 54.6 Å². The van der Waals surface area contributed by atoms with Gasteiger partial charge in [0.15, 0.2) is 0 Å². The lowest BCUT2D eigenvalue weighted by Gasteiger charge is -2.24. The summed E-state index contributed by atoms with van der Waals surface area (Å²) in [4.78, 5) is 0. The van der Waals surface area contributed by atoms with Gasteiger partial charge in [-0.2, -0.15) is 0 Å². The summed E-state index contributed by atoms with van der Waals surface area (Å²) < 4.78 is 35.3. The van der Waals surface area contributed by atoms with Crippen LogP contribution in [0.1, 0.15) is 22.8 Å². The van der Waals surface area contributed by atoms with E-state index < -0.39 is 16.1 Å². The lowest BCUT2D eigenvalue weighted by atomic mass is 10.0. The maximum atomic E-state index is 12.7. The van der Waals surface area contributed by atoms with Crippen molar-refractivity contribution >= 4 is 37.5 Å². The van der Waals surface area contributed by atoms with Gasteiger partial charge in [0.2, 0.25) is 10.0 Å². The fraction of sp³-hybridized carbons (Fsp3) is 0.163. The highest BCUT2D eigenvalue weighted by Crippen LogP contribution is 2.35. The van der Waals surface area contributed by atoms with Crippen molar-refractivity contribution in [3.05, 3.63) is 168 Å². The molecule has 0 amide bonds. The van der Waals surface area contributed by atoms with Gasteiger partial charge < -0.3 is 19.7 Å². The van der Waals surface area contributed by atoms with Crippen LogP contribution in [0.5, 0.6) is 5.75 Å². The molecule has 0 aliphatic carbocycles. The summed E-state index contributed by atoms with van der Waals surface area (Å²) in [5.74, 6) is 0.775. The van der Waals surface area contributed by atoms with Crippen LogP contribution in [-0.2, 0) is 23.1 Å². The zero-order valence-electron chi connectivity index (χ0n) is 28.5. The summed E-state index contributed by atoms with van der Waals surface area (Å²) in [6.07, 6.45) is 0.372. The van der Waals surface area contributed by atoms with Gasteiger partial charge in [-0.25, -0.2) is 8.42 Å². The molecule has 0 fully saturated rings. The van der Waals surface area contributed by atoms with E-state index in [0.717, 1.165) is 23.4 Å². The monoisotopic (exact) mass is 695 g/mol. The third kappa shape index (κ3) is 7.99. The highest BCUT2D eigenvalue weighted by atomic mass is 32.2. The van der Waals surface area contributed by atoms with E-state index in [-0.39, 0.29) is 6.54 Å². The Labute approximate surface area is 299 Å². The van der Waals surface area contributed by atoms with Crippen molar-refractivity contribution < 1.29 is 18.3 Å².